The molecule has 0 bridgehead atoms. The third kappa shape index (κ3) is 0.635. The monoisotopic (exact) mass is 129 g/mol. The second-order valence-corrected chi connectivity index (χ2v) is 2.36. The Bertz CT molecular complexity index is 158. The van der Waals surface area contributed by atoms with Gasteiger partial charge in [-0.15, -0.1) is 0 Å². The first-order valence-corrected chi connectivity index (χ1v) is 2.90. The second kappa shape index (κ2) is 1.46. The van der Waals surface area contributed by atoms with Crippen LogP contribution in [0, 0.1) is 0 Å². The Hall–Kier alpha value is -0.610. The van der Waals surface area contributed by atoms with E-state index in [2.05, 4.69) is 5.32 Å². The molecule has 0 radical (unpaired) electrons. The number of epoxide rings is 1. The van der Waals surface area contributed by atoms with Crippen molar-refractivity contribution in [1.29, 1.82) is 0 Å². The third-order valence-electron chi connectivity index (χ3n) is 1.76. The van der Waals surface area contributed by atoms with Gasteiger partial charge in [0, 0.05) is 6.54 Å². The van der Waals surface area contributed by atoms with Gasteiger partial charge in [0.1, 0.15) is 12.1 Å². The van der Waals surface area contributed by atoms with Crippen molar-refractivity contribution in [3.63, 3.8) is 0 Å². The average molecular weight is 129 g/mol. The van der Waals surface area contributed by atoms with E-state index < -0.39 is 12.0 Å². The summed E-state index contributed by atoms with van der Waals surface area (Å²) < 4.78 is 4.98. The molecule has 2 aliphatic heterocycles. The fourth-order valence-corrected chi connectivity index (χ4v) is 1.20. The van der Waals surface area contributed by atoms with E-state index >= 15 is 0 Å². The lowest BCUT2D eigenvalue weighted by molar-refractivity contribution is -0.139. The van der Waals surface area contributed by atoms with Gasteiger partial charge in [-0.2, -0.15) is 0 Å². The molecular formula is C5H7NO3. The predicted molar refractivity (Wildman–Crippen MR) is 28.1 cm³/mol. The molecule has 0 aromatic heterocycles. The Balaban J connectivity index is 2.06. The van der Waals surface area contributed by atoms with Crippen molar-refractivity contribution in [2.75, 3.05) is 6.54 Å². The van der Waals surface area contributed by atoms with Crippen LogP contribution < -0.4 is 5.32 Å². The predicted octanol–water partition coefficient (Wildman–Crippen LogP) is -1.19. The van der Waals surface area contributed by atoms with Crippen LogP contribution in [0.5, 0.6) is 0 Å². The molecule has 4 nitrogen and oxygen atoms in total. The number of nitrogens with one attached hydrogen (secondary N) is 1. The Morgan fingerprint density at radius 2 is 2.56 bits per heavy atom. The molecule has 2 heterocycles. The van der Waals surface area contributed by atoms with E-state index in [1.165, 1.54) is 0 Å². The number of hydrogen-bond acceptors (Lipinski definition) is 3. The second-order valence-electron chi connectivity index (χ2n) is 2.36. The number of ether oxygens (including phenoxy) is 1. The maximum absolute atomic E-state index is 10.3. The molecular weight excluding hydrogens is 122 g/mol. The molecule has 2 saturated heterocycles. The van der Waals surface area contributed by atoms with Crippen molar-refractivity contribution in [3.8, 4) is 0 Å². The van der Waals surface area contributed by atoms with Gasteiger partial charge >= 0.3 is 5.97 Å². The van der Waals surface area contributed by atoms with Crippen LogP contribution in [0.1, 0.15) is 0 Å². The minimum absolute atomic E-state index is 0.0394. The van der Waals surface area contributed by atoms with Gasteiger partial charge in [-0.05, 0) is 0 Å². The van der Waals surface area contributed by atoms with Crippen LogP contribution in [0.15, 0.2) is 0 Å². The highest BCUT2D eigenvalue weighted by molar-refractivity contribution is 5.75. The van der Waals surface area contributed by atoms with E-state index in [-0.39, 0.29) is 12.2 Å². The summed E-state index contributed by atoms with van der Waals surface area (Å²) in [5.41, 5.74) is 0. The number of carbonyl (C=O) groups is 1. The summed E-state index contributed by atoms with van der Waals surface area (Å²) in [5, 5.41) is 11.3. The minimum Gasteiger partial charge on any atom is -0.480 e. The lowest BCUT2D eigenvalue weighted by atomic mass is 10.2. The Morgan fingerprint density at radius 1 is 1.78 bits per heavy atom. The average Bonchev–Trinajstić information content (AvgIpc) is 2.43. The number of hydrogen-bond donors (Lipinski definition) is 2. The zero-order chi connectivity index (χ0) is 6.43. The maximum Gasteiger partial charge on any atom is 0.323 e. The van der Waals surface area contributed by atoms with Crippen molar-refractivity contribution in [2.24, 2.45) is 0 Å². The summed E-state index contributed by atoms with van der Waals surface area (Å²) in [6.45, 7) is 0.696. The van der Waals surface area contributed by atoms with E-state index in [9.17, 15) is 4.79 Å². The van der Waals surface area contributed by atoms with E-state index in [1.54, 1.807) is 0 Å². The fourth-order valence-electron chi connectivity index (χ4n) is 1.20. The summed E-state index contributed by atoms with van der Waals surface area (Å²) in [6, 6.07) is -0.449. The highest BCUT2D eigenvalue weighted by atomic mass is 16.6. The van der Waals surface area contributed by atoms with Gasteiger partial charge in [0.15, 0.2) is 0 Å². The van der Waals surface area contributed by atoms with Crippen LogP contribution >= 0.6 is 0 Å². The molecule has 2 fully saturated rings. The summed E-state index contributed by atoms with van der Waals surface area (Å²) in [6.07, 6.45) is 0.147. The van der Waals surface area contributed by atoms with Crippen LogP contribution in [0.3, 0.4) is 0 Å². The number of carboxylic acid groups (broad SMARTS) is 1. The van der Waals surface area contributed by atoms with Crippen LogP contribution in [-0.2, 0) is 9.53 Å². The van der Waals surface area contributed by atoms with Gasteiger partial charge in [-0.1, -0.05) is 0 Å². The lowest BCUT2D eigenvalue weighted by Gasteiger charge is -2.03. The molecule has 0 saturated carbocycles. The molecule has 50 valence electrons. The van der Waals surface area contributed by atoms with E-state index in [0.717, 1.165) is 0 Å². The maximum atomic E-state index is 10.3. The molecule has 0 spiro atoms. The number of carboxylic acids is 1. The van der Waals surface area contributed by atoms with Crippen LogP contribution in [0.4, 0.5) is 0 Å². The first-order valence-electron chi connectivity index (χ1n) is 2.90. The Kier molecular flexibility index (Phi) is 0.841. The molecule has 2 N–H and O–H groups in total. The van der Waals surface area contributed by atoms with Gasteiger partial charge in [0.2, 0.25) is 0 Å². The molecule has 9 heavy (non-hydrogen) atoms. The first kappa shape index (κ1) is 5.20. The van der Waals surface area contributed by atoms with Crippen molar-refractivity contribution < 1.29 is 14.6 Å². The smallest absolute Gasteiger partial charge is 0.323 e. The highest BCUT2D eigenvalue weighted by Gasteiger charge is 2.53. The molecule has 0 aliphatic carbocycles. The molecule has 2 rings (SSSR count). The van der Waals surface area contributed by atoms with Crippen LogP contribution in [0.2, 0.25) is 0 Å². The largest absolute Gasteiger partial charge is 0.480 e. The van der Waals surface area contributed by atoms with Crippen molar-refractivity contribution >= 4 is 5.97 Å². The number of aliphatic carboxylic acids is 1. The molecule has 2 aliphatic rings. The molecule has 0 amide bonds. The van der Waals surface area contributed by atoms with Gasteiger partial charge in [0.05, 0.1) is 6.10 Å². The summed E-state index contributed by atoms with van der Waals surface area (Å²) in [4.78, 5) is 10.3. The molecule has 0 unspecified atom stereocenters. The topological polar surface area (TPSA) is 61.9 Å². The Morgan fingerprint density at radius 3 is 2.78 bits per heavy atom. The highest BCUT2D eigenvalue weighted by Crippen LogP contribution is 2.29. The molecule has 0 aromatic rings. The van der Waals surface area contributed by atoms with Gasteiger partial charge in [-0.25, -0.2) is 0 Å². The number of rotatable bonds is 1. The van der Waals surface area contributed by atoms with Crippen molar-refractivity contribution in [3.05, 3.63) is 0 Å². The summed E-state index contributed by atoms with van der Waals surface area (Å²) >= 11 is 0. The molecule has 0 aromatic carbocycles. The van der Waals surface area contributed by atoms with Crippen LogP contribution in [-0.4, -0.2) is 35.9 Å². The van der Waals surface area contributed by atoms with Gasteiger partial charge < -0.3 is 9.84 Å². The SMILES string of the molecule is O=C(O)[C@H]1NC[C@H]2O[C@@H]12. The fraction of sp³-hybridized carbons (Fsp3) is 0.800. The zero-order valence-corrected chi connectivity index (χ0v) is 4.70. The molecule has 3 atom stereocenters. The number of fused-ring (bicyclic) bond motifs is 1. The van der Waals surface area contributed by atoms with Gasteiger partial charge in [-0.3, -0.25) is 10.1 Å². The van der Waals surface area contributed by atoms with E-state index in [1.807, 2.05) is 0 Å². The summed E-state index contributed by atoms with van der Waals surface area (Å²) in [5.74, 6) is -0.806. The minimum atomic E-state index is -0.806. The lowest BCUT2D eigenvalue weighted by Crippen LogP contribution is -2.36. The van der Waals surface area contributed by atoms with Gasteiger partial charge in [0.25, 0.3) is 0 Å². The Labute approximate surface area is 51.8 Å². The van der Waals surface area contributed by atoms with Crippen LogP contribution in [0.25, 0.3) is 0 Å². The standard InChI is InChI=1S/C5H7NO3/c7-5(8)3-4-2(9-4)1-6-3/h2-4,6H,1H2,(H,7,8)/t2-,3+,4-/m1/s1. The van der Waals surface area contributed by atoms with Crippen molar-refractivity contribution in [2.45, 2.75) is 18.2 Å². The normalized spacial score (nSPS) is 46.4. The number of morpholine rings is 1. The van der Waals surface area contributed by atoms with E-state index in [4.69, 9.17) is 9.84 Å². The quantitative estimate of drug-likeness (QED) is 0.437. The first-order chi connectivity index (χ1) is 4.29. The molecule has 4 heteroatoms. The third-order valence-corrected chi connectivity index (χ3v) is 1.76. The zero-order valence-electron chi connectivity index (χ0n) is 4.70. The van der Waals surface area contributed by atoms with Crippen molar-refractivity contribution in [1.82, 2.24) is 5.32 Å². The van der Waals surface area contributed by atoms with E-state index in [0.29, 0.717) is 6.54 Å². The summed E-state index contributed by atoms with van der Waals surface area (Å²) in [7, 11) is 0.